The van der Waals surface area contributed by atoms with Crippen molar-refractivity contribution in [1.82, 2.24) is 0 Å². The first kappa shape index (κ1) is 15.1. The average molecular weight is 311 g/mol. The van der Waals surface area contributed by atoms with Crippen LogP contribution in [0.3, 0.4) is 0 Å². The van der Waals surface area contributed by atoms with Crippen molar-refractivity contribution in [3.63, 3.8) is 0 Å². The number of rotatable bonds is 5. The quantitative estimate of drug-likeness (QED) is 0.819. The maximum atomic E-state index is 12.8. The number of nitrogens with one attached hydrogen (secondary N) is 1. The summed E-state index contributed by atoms with van der Waals surface area (Å²) in [5.41, 5.74) is 5.46. The molecule has 0 heterocycles. The molecule has 1 rings (SSSR count). The third-order valence-corrected chi connectivity index (χ3v) is 4.83. The van der Waals surface area contributed by atoms with E-state index in [1.165, 1.54) is 6.07 Å². The third-order valence-electron chi connectivity index (χ3n) is 2.25. The lowest BCUT2D eigenvalue weighted by molar-refractivity contribution is 0.594. The number of benzene rings is 1. The van der Waals surface area contributed by atoms with Crippen molar-refractivity contribution >= 4 is 44.5 Å². The molecule has 100 valence electrons. The molecule has 4 nitrogen and oxygen atoms in total. The predicted molar refractivity (Wildman–Crippen MR) is 74.8 cm³/mol. The standard InChI is InChI=1S/C10H12ClFN2O2S2/c1-2-9(10(13)17)18(15,16)14-8-4-3-6(12)5-7(8)11/h3-5,9,14H,2H2,1H3,(H2,13,17). The van der Waals surface area contributed by atoms with E-state index >= 15 is 0 Å². The van der Waals surface area contributed by atoms with Crippen molar-refractivity contribution in [2.75, 3.05) is 4.72 Å². The summed E-state index contributed by atoms with van der Waals surface area (Å²) >= 11 is 10.4. The fourth-order valence-corrected chi connectivity index (χ4v) is 3.56. The number of hydrogen-bond donors (Lipinski definition) is 2. The van der Waals surface area contributed by atoms with Crippen molar-refractivity contribution in [2.45, 2.75) is 18.6 Å². The molecule has 0 aliphatic heterocycles. The Labute approximate surface area is 115 Å². The molecule has 0 saturated heterocycles. The first-order valence-corrected chi connectivity index (χ1v) is 7.37. The van der Waals surface area contributed by atoms with Gasteiger partial charge in [0.25, 0.3) is 0 Å². The molecule has 1 aromatic carbocycles. The zero-order valence-corrected chi connectivity index (χ0v) is 11.9. The van der Waals surface area contributed by atoms with Gasteiger partial charge in [-0.3, -0.25) is 4.72 Å². The monoisotopic (exact) mass is 310 g/mol. The van der Waals surface area contributed by atoms with E-state index in [4.69, 9.17) is 29.6 Å². The summed E-state index contributed by atoms with van der Waals surface area (Å²) < 4.78 is 39.0. The molecule has 18 heavy (non-hydrogen) atoms. The second-order valence-corrected chi connectivity index (χ2v) is 6.31. The highest BCUT2D eigenvalue weighted by molar-refractivity contribution is 7.95. The van der Waals surface area contributed by atoms with Gasteiger partial charge >= 0.3 is 0 Å². The molecule has 0 spiro atoms. The van der Waals surface area contributed by atoms with Gasteiger partial charge in [0.1, 0.15) is 11.1 Å². The Morgan fingerprint density at radius 1 is 1.61 bits per heavy atom. The molecule has 0 aromatic heterocycles. The summed E-state index contributed by atoms with van der Waals surface area (Å²) in [7, 11) is -3.78. The average Bonchev–Trinajstić information content (AvgIpc) is 2.22. The van der Waals surface area contributed by atoms with Crippen LogP contribution < -0.4 is 10.5 Å². The van der Waals surface area contributed by atoms with Crippen molar-refractivity contribution in [1.29, 1.82) is 0 Å². The molecule has 8 heteroatoms. The Morgan fingerprint density at radius 3 is 2.67 bits per heavy atom. The molecule has 0 radical (unpaired) electrons. The number of thiocarbonyl (C=S) groups is 1. The number of nitrogens with two attached hydrogens (primary N) is 1. The predicted octanol–water partition coefficient (Wildman–Crippen LogP) is 2.29. The van der Waals surface area contributed by atoms with E-state index in [1.54, 1.807) is 6.92 Å². The van der Waals surface area contributed by atoms with Crippen molar-refractivity contribution in [2.24, 2.45) is 5.73 Å². The lowest BCUT2D eigenvalue weighted by atomic mass is 10.3. The second kappa shape index (κ2) is 5.81. The van der Waals surface area contributed by atoms with Gasteiger partial charge in [0, 0.05) is 0 Å². The van der Waals surface area contributed by atoms with E-state index in [-0.39, 0.29) is 22.1 Å². The summed E-state index contributed by atoms with van der Waals surface area (Å²) in [6.45, 7) is 1.65. The smallest absolute Gasteiger partial charge is 0.242 e. The number of hydrogen-bond acceptors (Lipinski definition) is 3. The zero-order valence-electron chi connectivity index (χ0n) is 9.48. The number of anilines is 1. The normalized spacial score (nSPS) is 13.1. The minimum atomic E-state index is -3.78. The Kier molecular flexibility index (Phi) is 4.89. The maximum Gasteiger partial charge on any atom is 0.242 e. The van der Waals surface area contributed by atoms with Crippen molar-refractivity contribution in [3.05, 3.63) is 29.0 Å². The summed E-state index contributed by atoms with van der Waals surface area (Å²) in [5.74, 6) is -0.552. The maximum absolute atomic E-state index is 12.8. The lowest BCUT2D eigenvalue weighted by Crippen LogP contribution is -2.37. The summed E-state index contributed by atoms with van der Waals surface area (Å²) in [4.78, 5) is -0.122. The Balaban J connectivity index is 3.05. The highest BCUT2D eigenvalue weighted by Gasteiger charge is 2.27. The number of sulfonamides is 1. The largest absolute Gasteiger partial charge is 0.392 e. The van der Waals surface area contributed by atoms with Crippen molar-refractivity contribution in [3.8, 4) is 0 Å². The van der Waals surface area contributed by atoms with Gasteiger partial charge in [-0.2, -0.15) is 0 Å². The van der Waals surface area contributed by atoms with Crippen LogP contribution >= 0.6 is 23.8 Å². The molecule has 1 unspecified atom stereocenters. The van der Waals surface area contributed by atoms with Crippen LogP contribution in [0, 0.1) is 5.82 Å². The third kappa shape index (κ3) is 3.54. The molecular formula is C10H12ClFN2O2S2. The molecule has 1 atom stereocenters. The molecule has 0 aliphatic rings. The number of halogens is 2. The lowest BCUT2D eigenvalue weighted by Gasteiger charge is -2.16. The van der Waals surface area contributed by atoms with Gasteiger partial charge in [0.05, 0.1) is 15.7 Å². The second-order valence-electron chi connectivity index (χ2n) is 3.57. The Hall–Kier alpha value is -0.920. The first-order chi connectivity index (χ1) is 8.27. The molecule has 0 amide bonds. The fourth-order valence-electron chi connectivity index (χ4n) is 1.37. The molecule has 0 bridgehead atoms. The topological polar surface area (TPSA) is 72.2 Å². The highest BCUT2D eigenvalue weighted by atomic mass is 35.5. The van der Waals surface area contributed by atoms with E-state index in [0.717, 1.165) is 12.1 Å². The zero-order chi connectivity index (χ0) is 13.9. The summed E-state index contributed by atoms with van der Waals surface area (Å²) in [6.07, 6.45) is 0.240. The van der Waals surface area contributed by atoms with Crippen LogP contribution in [0.1, 0.15) is 13.3 Å². The van der Waals surface area contributed by atoms with Crippen LogP contribution in [-0.2, 0) is 10.0 Å². The van der Waals surface area contributed by atoms with Gasteiger partial charge in [-0.25, -0.2) is 12.8 Å². The molecule has 0 fully saturated rings. The summed E-state index contributed by atoms with van der Waals surface area (Å²) in [6, 6.07) is 3.36. The molecule has 3 N–H and O–H groups in total. The SMILES string of the molecule is CCC(C(N)=S)S(=O)(=O)Nc1ccc(F)cc1Cl. The van der Waals surface area contributed by atoms with Gasteiger partial charge in [0.15, 0.2) is 0 Å². The summed E-state index contributed by atoms with van der Waals surface area (Å²) in [5, 5.41) is -1.02. The van der Waals surface area contributed by atoms with Gasteiger partial charge in [0.2, 0.25) is 10.0 Å². The molecular weight excluding hydrogens is 299 g/mol. The Morgan fingerprint density at radius 2 is 2.22 bits per heavy atom. The minimum absolute atomic E-state index is 0.0311. The van der Waals surface area contributed by atoms with Crippen LogP contribution in [0.4, 0.5) is 10.1 Å². The van der Waals surface area contributed by atoms with Gasteiger partial charge in [-0.15, -0.1) is 0 Å². The van der Waals surface area contributed by atoms with E-state index in [1.807, 2.05) is 0 Å². The van der Waals surface area contributed by atoms with Gasteiger partial charge in [-0.1, -0.05) is 30.7 Å². The highest BCUT2D eigenvalue weighted by Crippen LogP contribution is 2.24. The van der Waals surface area contributed by atoms with E-state index < -0.39 is 21.1 Å². The van der Waals surface area contributed by atoms with Crippen LogP contribution in [0.2, 0.25) is 5.02 Å². The van der Waals surface area contributed by atoms with E-state index in [2.05, 4.69) is 4.72 Å². The fraction of sp³-hybridized carbons (Fsp3) is 0.300. The van der Waals surface area contributed by atoms with Gasteiger partial charge < -0.3 is 5.73 Å². The van der Waals surface area contributed by atoms with Crippen LogP contribution in [0.5, 0.6) is 0 Å². The molecule has 0 saturated carbocycles. The van der Waals surface area contributed by atoms with Crippen LogP contribution in [-0.4, -0.2) is 18.7 Å². The molecule has 1 aromatic rings. The van der Waals surface area contributed by atoms with Crippen molar-refractivity contribution < 1.29 is 12.8 Å². The molecule has 0 aliphatic carbocycles. The van der Waals surface area contributed by atoms with Crippen LogP contribution in [0.25, 0.3) is 0 Å². The minimum Gasteiger partial charge on any atom is -0.392 e. The van der Waals surface area contributed by atoms with E-state index in [9.17, 15) is 12.8 Å². The Bertz CT molecular complexity index is 563. The van der Waals surface area contributed by atoms with E-state index in [0.29, 0.717) is 0 Å². The first-order valence-electron chi connectivity index (χ1n) is 5.04. The van der Waals surface area contributed by atoms with Crippen LogP contribution in [0.15, 0.2) is 18.2 Å². The van der Waals surface area contributed by atoms with Gasteiger partial charge in [-0.05, 0) is 24.6 Å².